The van der Waals surface area contributed by atoms with E-state index in [2.05, 4.69) is 10.2 Å². The highest BCUT2D eigenvalue weighted by atomic mass is 32.2. The Balaban J connectivity index is 1.57. The third-order valence-electron chi connectivity index (χ3n) is 5.46. The Hall–Kier alpha value is -3.62. The number of para-hydroxylation sites is 1. The predicted octanol–water partition coefficient (Wildman–Crippen LogP) is 4.71. The fourth-order valence-corrected chi connectivity index (χ4v) is 4.47. The van der Waals surface area contributed by atoms with Crippen molar-refractivity contribution < 1.29 is 14.3 Å². The maximum Gasteiger partial charge on any atom is 0.233 e. The van der Waals surface area contributed by atoms with Crippen LogP contribution in [0.3, 0.4) is 0 Å². The van der Waals surface area contributed by atoms with Gasteiger partial charge in [-0.2, -0.15) is 0 Å². The van der Waals surface area contributed by atoms with Crippen molar-refractivity contribution in [2.45, 2.75) is 11.7 Å². The largest absolute Gasteiger partial charge is 0.497 e. The van der Waals surface area contributed by atoms with Gasteiger partial charge in [0.25, 0.3) is 0 Å². The molecular formula is C27H28N4O3S. The van der Waals surface area contributed by atoms with E-state index < -0.39 is 0 Å². The molecule has 1 heterocycles. The van der Waals surface area contributed by atoms with Crippen LogP contribution in [0.1, 0.15) is 5.56 Å². The van der Waals surface area contributed by atoms with Crippen LogP contribution in [0.25, 0.3) is 17.1 Å². The molecule has 1 aromatic heterocycles. The third-order valence-corrected chi connectivity index (χ3v) is 6.37. The van der Waals surface area contributed by atoms with Gasteiger partial charge < -0.3 is 14.4 Å². The summed E-state index contributed by atoms with van der Waals surface area (Å²) in [6, 6.07) is 27.6. The maximum absolute atomic E-state index is 13.2. The Bertz CT molecular complexity index is 1210. The number of carbonyl (C=O) groups excluding carboxylic acids is 1. The molecule has 0 aliphatic rings. The summed E-state index contributed by atoms with van der Waals surface area (Å²) in [5, 5.41) is 9.56. The SMILES string of the molecule is COCCN(Cc1ccccc1)C(=O)CSc1nnc(-c2ccc(OC)cc2)n1-c1ccccc1. The number of hydrogen-bond donors (Lipinski definition) is 0. The van der Waals surface area contributed by atoms with Crippen molar-refractivity contribution >= 4 is 17.7 Å². The molecule has 4 aromatic rings. The van der Waals surface area contributed by atoms with E-state index in [9.17, 15) is 4.79 Å². The number of methoxy groups -OCH3 is 2. The van der Waals surface area contributed by atoms with Gasteiger partial charge in [0.15, 0.2) is 11.0 Å². The molecule has 0 saturated carbocycles. The number of hydrogen-bond acceptors (Lipinski definition) is 6. The number of amides is 1. The van der Waals surface area contributed by atoms with Crippen molar-refractivity contribution in [2.75, 3.05) is 33.1 Å². The summed E-state index contributed by atoms with van der Waals surface area (Å²) in [4.78, 5) is 15.0. The zero-order valence-corrected chi connectivity index (χ0v) is 20.6. The predicted molar refractivity (Wildman–Crippen MR) is 138 cm³/mol. The third kappa shape index (κ3) is 6.29. The molecule has 7 nitrogen and oxygen atoms in total. The van der Waals surface area contributed by atoms with Gasteiger partial charge in [-0.1, -0.05) is 60.3 Å². The average Bonchev–Trinajstić information content (AvgIpc) is 3.34. The first-order chi connectivity index (χ1) is 17.2. The monoisotopic (exact) mass is 488 g/mol. The maximum atomic E-state index is 13.2. The molecule has 0 atom stereocenters. The van der Waals surface area contributed by atoms with Gasteiger partial charge in [-0.25, -0.2) is 0 Å². The minimum absolute atomic E-state index is 0.0181. The highest BCUT2D eigenvalue weighted by molar-refractivity contribution is 7.99. The van der Waals surface area contributed by atoms with Gasteiger partial charge in [0.2, 0.25) is 5.91 Å². The van der Waals surface area contributed by atoms with Gasteiger partial charge in [-0.3, -0.25) is 9.36 Å². The Labute approximate surface area is 209 Å². The minimum Gasteiger partial charge on any atom is -0.497 e. The van der Waals surface area contributed by atoms with Gasteiger partial charge in [-0.15, -0.1) is 10.2 Å². The van der Waals surface area contributed by atoms with Crippen molar-refractivity contribution in [1.29, 1.82) is 0 Å². The summed E-state index contributed by atoms with van der Waals surface area (Å²) < 4.78 is 12.5. The molecule has 8 heteroatoms. The van der Waals surface area contributed by atoms with Crippen molar-refractivity contribution in [3.8, 4) is 22.8 Å². The molecule has 1 amide bonds. The minimum atomic E-state index is 0.0181. The van der Waals surface area contributed by atoms with Crippen LogP contribution >= 0.6 is 11.8 Å². The number of nitrogens with zero attached hydrogens (tertiary/aromatic N) is 4. The summed E-state index contributed by atoms with van der Waals surface area (Å²) in [7, 11) is 3.28. The van der Waals surface area contributed by atoms with Crippen molar-refractivity contribution in [3.63, 3.8) is 0 Å². The Morgan fingerprint density at radius 3 is 2.26 bits per heavy atom. The van der Waals surface area contributed by atoms with Gasteiger partial charge in [-0.05, 0) is 42.0 Å². The van der Waals surface area contributed by atoms with E-state index in [1.165, 1.54) is 11.8 Å². The van der Waals surface area contributed by atoms with Crippen LogP contribution < -0.4 is 4.74 Å². The normalized spacial score (nSPS) is 10.8. The molecule has 0 bridgehead atoms. The van der Waals surface area contributed by atoms with Crippen LogP contribution in [0.4, 0.5) is 0 Å². The lowest BCUT2D eigenvalue weighted by Gasteiger charge is -2.22. The standard InChI is InChI=1S/C27H28N4O3S/c1-33-18-17-30(19-21-9-5-3-6-10-21)25(32)20-35-27-29-28-26(22-13-15-24(34-2)16-14-22)31(27)23-11-7-4-8-12-23/h3-16H,17-20H2,1-2H3. The van der Waals surface area contributed by atoms with Crippen LogP contribution in [-0.4, -0.2) is 58.7 Å². The zero-order valence-electron chi connectivity index (χ0n) is 19.8. The Kier molecular flexibility index (Phi) is 8.53. The molecular weight excluding hydrogens is 460 g/mol. The van der Waals surface area contributed by atoms with Gasteiger partial charge in [0, 0.05) is 31.5 Å². The quantitative estimate of drug-likeness (QED) is 0.285. The van der Waals surface area contributed by atoms with Crippen LogP contribution in [0.5, 0.6) is 5.75 Å². The number of benzene rings is 3. The molecule has 0 spiro atoms. The molecule has 0 aliphatic heterocycles. The summed E-state index contributed by atoms with van der Waals surface area (Å²) >= 11 is 1.38. The summed E-state index contributed by atoms with van der Waals surface area (Å²) in [6.45, 7) is 1.53. The second-order valence-electron chi connectivity index (χ2n) is 7.79. The molecule has 3 aromatic carbocycles. The van der Waals surface area contributed by atoms with E-state index >= 15 is 0 Å². The van der Waals surface area contributed by atoms with Gasteiger partial charge in [0.05, 0.1) is 19.5 Å². The van der Waals surface area contributed by atoms with Crippen LogP contribution in [0, 0.1) is 0 Å². The molecule has 0 fully saturated rings. The first kappa shape index (κ1) is 24.5. The lowest BCUT2D eigenvalue weighted by atomic mass is 10.2. The van der Waals surface area contributed by atoms with E-state index in [1.54, 1.807) is 14.2 Å². The number of aromatic nitrogens is 3. The first-order valence-corrected chi connectivity index (χ1v) is 12.3. The van der Waals surface area contributed by atoms with Crippen LogP contribution in [0.15, 0.2) is 90.1 Å². The number of ether oxygens (including phenoxy) is 2. The molecule has 0 aliphatic carbocycles. The van der Waals surface area contributed by atoms with Crippen molar-refractivity contribution in [2.24, 2.45) is 0 Å². The van der Waals surface area contributed by atoms with Gasteiger partial charge >= 0.3 is 0 Å². The molecule has 0 radical (unpaired) electrons. The van der Waals surface area contributed by atoms with E-state index in [1.807, 2.05) is 94.4 Å². The van der Waals surface area contributed by atoms with E-state index in [-0.39, 0.29) is 11.7 Å². The van der Waals surface area contributed by atoms with Crippen molar-refractivity contribution in [3.05, 3.63) is 90.5 Å². The molecule has 0 N–H and O–H groups in total. The molecule has 4 rings (SSSR count). The second-order valence-corrected chi connectivity index (χ2v) is 8.73. The van der Waals surface area contributed by atoms with E-state index in [4.69, 9.17) is 9.47 Å². The topological polar surface area (TPSA) is 69.5 Å². The fraction of sp³-hybridized carbons (Fsp3) is 0.222. The summed E-state index contributed by atoms with van der Waals surface area (Å²) in [6.07, 6.45) is 0. The zero-order chi connectivity index (χ0) is 24.5. The fourth-order valence-electron chi connectivity index (χ4n) is 3.62. The molecule has 35 heavy (non-hydrogen) atoms. The average molecular weight is 489 g/mol. The Morgan fingerprint density at radius 2 is 1.60 bits per heavy atom. The number of thioether (sulfide) groups is 1. The smallest absolute Gasteiger partial charge is 0.233 e. The molecule has 180 valence electrons. The lowest BCUT2D eigenvalue weighted by molar-refractivity contribution is -0.129. The molecule has 0 saturated heterocycles. The second kappa shape index (κ2) is 12.2. The number of carbonyl (C=O) groups is 1. The summed E-state index contributed by atoms with van der Waals surface area (Å²) in [5.74, 6) is 1.73. The lowest BCUT2D eigenvalue weighted by Crippen LogP contribution is -2.34. The number of rotatable bonds is 11. The summed E-state index contributed by atoms with van der Waals surface area (Å²) in [5.41, 5.74) is 2.92. The van der Waals surface area contributed by atoms with E-state index in [0.717, 1.165) is 22.6 Å². The van der Waals surface area contributed by atoms with E-state index in [0.29, 0.717) is 30.7 Å². The first-order valence-electron chi connectivity index (χ1n) is 11.3. The van der Waals surface area contributed by atoms with Crippen LogP contribution in [0.2, 0.25) is 0 Å². The highest BCUT2D eigenvalue weighted by Crippen LogP contribution is 2.29. The highest BCUT2D eigenvalue weighted by Gasteiger charge is 2.20. The Morgan fingerprint density at radius 1 is 0.914 bits per heavy atom. The van der Waals surface area contributed by atoms with Gasteiger partial charge in [0.1, 0.15) is 5.75 Å². The van der Waals surface area contributed by atoms with Crippen LogP contribution in [-0.2, 0) is 16.1 Å². The van der Waals surface area contributed by atoms with Crippen molar-refractivity contribution in [1.82, 2.24) is 19.7 Å². The molecule has 0 unspecified atom stereocenters.